The number of amides is 1. The van der Waals surface area contributed by atoms with Crippen LogP contribution in [0.25, 0.3) is 0 Å². The van der Waals surface area contributed by atoms with Gasteiger partial charge in [-0.25, -0.2) is 12.8 Å². The van der Waals surface area contributed by atoms with Crippen LogP contribution in [0.2, 0.25) is 0 Å². The van der Waals surface area contributed by atoms with Gasteiger partial charge in [0, 0.05) is 7.05 Å². The zero-order valence-electron chi connectivity index (χ0n) is 10.7. The van der Waals surface area contributed by atoms with Gasteiger partial charge in [-0.1, -0.05) is 6.07 Å². The summed E-state index contributed by atoms with van der Waals surface area (Å²) in [6.45, 7) is 0. The van der Waals surface area contributed by atoms with E-state index in [9.17, 15) is 17.6 Å². The lowest BCUT2D eigenvalue weighted by molar-refractivity contribution is -0.123. The normalized spacial score (nSPS) is 16.8. The van der Waals surface area contributed by atoms with Crippen molar-refractivity contribution in [2.24, 2.45) is 0 Å². The number of benzene rings is 1. The van der Waals surface area contributed by atoms with Crippen LogP contribution in [0.15, 0.2) is 18.2 Å². The van der Waals surface area contributed by atoms with Crippen LogP contribution in [0.5, 0.6) is 0 Å². The second-order valence-corrected chi connectivity index (χ2v) is 6.48. The summed E-state index contributed by atoms with van der Waals surface area (Å²) in [5, 5.41) is 2.57. The van der Waals surface area contributed by atoms with E-state index in [2.05, 4.69) is 10.0 Å². The molecule has 0 spiro atoms. The topological polar surface area (TPSA) is 75.3 Å². The summed E-state index contributed by atoms with van der Waals surface area (Å²) in [5.74, 6) is -0.825. The minimum absolute atomic E-state index is 0.112. The van der Waals surface area contributed by atoms with Crippen LogP contribution >= 0.6 is 0 Å². The molecule has 2 N–H and O–H groups in total. The van der Waals surface area contributed by atoms with Gasteiger partial charge in [-0.15, -0.1) is 0 Å². The lowest BCUT2D eigenvalue weighted by atomic mass is 9.94. The largest absolute Gasteiger partial charge is 0.358 e. The smallest absolute Gasteiger partial charge is 0.230 e. The number of hydrogen-bond donors (Lipinski definition) is 2. The molecule has 104 valence electrons. The van der Waals surface area contributed by atoms with Gasteiger partial charge >= 0.3 is 0 Å². The molecule has 1 saturated carbocycles. The van der Waals surface area contributed by atoms with Crippen molar-refractivity contribution in [2.75, 3.05) is 18.0 Å². The van der Waals surface area contributed by atoms with E-state index in [1.54, 1.807) is 13.1 Å². The number of halogens is 1. The minimum atomic E-state index is -3.52. The summed E-state index contributed by atoms with van der Waals surface area (Å²) in [4.78, 5) is 11.8. The second kappa shape index (κ2) is 4.48. The Morgan fingerprint density at radius 1 is 1.37 bits per heavy atom. The Hall–Kier alpha value is -1.63. The Labute approximate surface area is 111 Å². The van der Waals surface area contributed by atoms with E-state index in [1.165, 1.54) is 12.1 Å². The van der Waals surface area contributed by atoms with Gasteiger partial charge in [-0.05, 0) is 30.5 Å². The van der Waals surface area contributed by atoms with E-state index < -0.39 is 21.3 Å². The predicted molar refractivity (Wildman–Crippen MR) is 69.8 cm³/mol. The van der Waals surface area contributed by atoms with Crippen LogP contribution in [0.4, 0.5) is 10.1 Å². The Balaban J connectivity index is 2.32. The molecular weight excluding hydrogens is 271 g/mol. The quantitative estimate of drug-likeness (QED) is 0.866. The summed E-state index contributed by atoms with van der Waals surface area (Å²) in [6.07, 6.45) is 2.29. The molecule has 1 aliphatic carbocycles. The zero-order chi connectivity index (χ0) is 14.3. The Bertz CT molecular complexity index is 624. The maximum Gasteiger partial charge on any atom is 0.230 e. The van der Waals surface area contributed by atoms with Gasteiger partial charge in [-0.2, -0.15) is 0 Å². The predicted octanol–water partition coefficient (Wildman–Crippen LogP) is 0.975. The molecule has 5 nitrogen and oxygen atoms in total. The summed E-state index contributed by atoms with van der Waals surface area (Å²) in [6, 6.07) is 4.14. The molecule has 0 atom stereocenters. The summed E-state index contributed by atoms with van der Waals surface area (Å²) >= 11 is 0. The van der Waals surface area contributed by atoms with Crippen molar-refractivity contribution in [2.45, 2.75) is 18.3 Å². The summed E-state index contributed by atoms with van der Waals surface area (Å²) in [7, 11) is -1.98. The highest BCUT2D eigenvalue weighted by Gasteiger charge is 2.51. The molecule has 1 aromatic carbocycles. The molecule has 0 aromatic heterocycles. The molecule has 1 amide bonds. The maximum absolute atomic E-state index is 13.8. The SMILES string of the molecule is CNC(=O)C1(c2ccc(NS(C)(=O)=O)c(F)c2)CC1. The van der Waals surface area contributed by atoms with Crippen molar-refractivity contribution in [3.8, 4) is 0 Å². The van der Waals surface area contributed by atoms with E-state index in [-0.39, 0.29) is 11.6 Å². The Kier molecular flexibility index (Phi) is 3.25. The number of likely N-dealkylation sites (N-methyl/N-ethyl adjacent to an activating group) is 1. The molecule has 7 heteroatoms. The molecule has 1 aromatic rings. The minimum Gasteiger partial charge on any atom is -0.358 e. The fraction of sp³-hybridized carbons (Fsp3) is 0.417. The van der Waals surface area contributed by atoms with Crippen LogP contribution in [0.1, 0.15) is 18.4 Å². The van der Waals surface area contributed by atoms with Crippen molar-refractivity contribution in [1.29, 1.82) is 0 Å². The number of sulfonamides is 1. The van der Waals surface area contributed by atoms with Crippen molar-refractivity contribution >= 4 is 21.6 Å². The number of carbonyl (C=O) groups excluding carboxylic acids is 1. The van der Waals surface area contributed by atoms with Gasteiger partial charge in [0.25, 0.3) is 0 Å². The van der Waals surface area contributed by atoms with Gasteiger partial charge in [-0.3, -0.25) is 9.52 Å². The first-order valence-corrected chi connectivity index (χ1v) is 7.68. The van der Waals surface area contributed by atoms with E-state index in [1.807, 2.05) is 0 Å². The van der Waals surface area contributed by atoms with E-state index in [0.29, 0.717) is 18.4 Å². The summed E-state index contributed by atoms with van der Waals surface area (Å²) < 4.78 is 38.1. The average Bonchev–Trinajstić information content (AvgIpc) is 3.10. The van der Waals surface area contributed by atoms with Crippen LogP contribution < -0.4 is 10.0 Å². The zero-order valence-corrected chi connectivity index (χ0v) is 11.5. The Morgan fingerprint density at radius 3 is 2.42 bits per heavy atom. The van der Waals surface area contributed by atoms with Crippen molar-refractivity contribution in [1.82, 2.24) is 5.32 Å². The standard InChI is InChI=1S/C12H15FN2O3S/c1-14-11(16)12(5-6-12)8-3-4-10(9(13)7-8)15-19(2,17)18/h3-4,7,15H,5-6H2,1-2H3,(H,14,16). The van der Waals surface area contributed by atoms with Crippen LogP contribution in [-0.4, -0.2) is 27.6 Å². The van der Waals surface area contributed by atoms with Crippen LogP contribution in [-0.2, 0) is 20.2 Å². The fourth-order valence-corrected chi connectivity index (χ4v) is 2.67. The van der Waals surface area contributed by atoms with E-state index in [4.69, 9.17) is 0 Å². The number of rotatable bonds is 4. The third-order valence-corrected chi connectivity index (χ3v) is 3.82. The van der Waals surface area contributed by atoms with Gasteiger partial charge in [0.15, 0.2) is 0 Å². The lowest BCUT2D eigenvalue weighted by Gasteiger charge is -2.15. The highest BCUT2D eigenvalue weighted by Crippen LogP contribution is 2.48. The number of nitrogens with one attached hydrogen (secondary N) is 2. The van der Waals surface area contributed by atoms with E-state index in [0.717, 1.165) is 6.26 Å². The fourth-order valence-electron chi connectivity index (χ4n) is 2.11. The molecule has 0 aliphatic heterocycles. The van der Waals surface area contributed by atoms with Crippen molar-refractivity contribution in [3.05, 3.63) is 29.6 Å². The number of anilines is 1. The second-order valence-electron chi connectivity index (χ2n) is 4.73. The number of hydrogen-bond acceptors (Lipinski definition) is 3. The molecule has 0 unspecified atom stereocenters. The summed E-state index contributed by atoms with van der Waals surface area (Å²) in [5.41, 5.74) is -0.193. The lowest BCUT2D eigenvalue weighted by Crippen LogP contribution is -2.31. The molecule has 2 rings (SSSR count). The molecular formula is C12H15FN2O3S. The maximum atomic E-state index is 13.8. The van der Waals surface area contributed by atoms with Crippen LogP contribution in [0.3, 0.4) is 0 Å². The third kappa shape index (κ3) is 2.70. The highest BCUT2D eigenvalue weighted by atomic mass is 32.2. The van der Waals surface area contributed by atoms with Crippen molar-refractivity contribution in [3.63, 3.8) is 0 Å². The van der Waals surface area contributed by atoms with Gasteiger partial charge < -0.3 is 5.32 Å². The highest BCUT2D eigenvalue weighted by molar-refractivity contribution is 7.92. The number of carbonyl (C=O) groups is 1. The first kappa shape index (κ1) is 13.8. The molecule has 0 heterocycles. The molecule has 0 radical (unpaired) electrons. The van der Waals surface area contributed by atoms with Gasteiger partial charge in [0.2, 0.25) is 15.9 Å². The molecule has 0 bridgehead atoms. The monoisotopic (exact) mass is 286 g/mol. The third-order valence-electron chi connectivity index (χ3n) is 3.23. The first-order valence-electron chi connectivity index (χ1n) is 5.78. The first-order chi connectivity index (χ1) is 8.78. The molecule has 0 saturated heterocycles. The van der Waals surface area contributed by atoms with Crippen molar-refractivity contribution < 1.29 is 17.6 Å². The molecule has 1 fully saturated rings. The van der Waals surface area contributed by atoms with E-state index >= 15 is 0 Å². The van der Waals surface area contributed by atoms with Gasteiger partial charge in [0.05, 0.1) is 17.4 Å². The molecule has 1 aliphatic rings. The average molecular weight is 286 g/mol. The molecule has 19 heavy (non-hydrogen) atoms. The Morgan fingerprint density at radius 2 is 2.00 bits per heavy atom. The van der Waals surface area contributed by atoms with Gasteiger partial charge in [0.1, 0.15) is 5.82 Å². The van der Waals surface area contributed by atoms with Crippen LogP contribution in [0, 0.1) is 5.82 Å².